The molecule has 0 saturated heterocycles. The van der Waals surface area contributed by atoms with E-state index in [1.54, 1.807) is 6.07 Å². The van der Waals surface area contributed by atoms with Crippen LogP contribution >= 0.6 is 15.9 Å². The van der Waals surface area contributed by atoms with Gasteiger partial charge in [-0.25, -0.2) is 4.39 Å². The Kier molecular flexibility index (Phi) is 4.24. The van der Waals surface area contributed by atoms with E-state index in [1.165, 1.54) is 24.3 Å². The maximum atomic E-state index is 13.5. The number of hydrogen-bond acceptors (Lipinski definition) is 4. The summed E-state index contributed by atoms with van der Waals surface area (Å²) in [5.74, 6) is -1.78. The Hall–Kier alpha value is -2.08. The van der Waals surface area contributed by atoms with Crippen molar-refractivity contribution in [2.24, 2.45) is 0 Å². The molecule has 0 aliphatic heterocycles. The molecule has 0 unspecified atom stereocenters. The van der Waals surface area contributed by atoms with Gasteiger partial charge in [-0.3, -0.25) is 4.79 Å². The number of aromatic hydroxyl groups is 2. The number of ether oxygens (including phenoxy) is 1. The highest BCUT2D eigenvalue weighted by atomic mass is 79.9. The van der Waals surface area contributed by atoms with Crippen molar-refractivity contribution in [3.63, 3.8) is 0 Å². The average molecular weight is 341 g/mol. The summed E-state index contributed by atoms with van der Waals surface area (Å²) in [7, 11) is 0. The van der Waals surface area contributed by atoms with Gasteiger partial charge in [0, 0.05) is 10.0 Å². The number of halogens is 2. The number of ketones is 1. The molecule has 0 bridgehead atoms. The van der Waals surface area contributed by atoms with Crippen molar-refractivity contribution in [1.29, 1.82) is 0 Å². The average Bonchev–Trinajstić information content (AvgIpc) is 2.40. The molecule has 0 atom stereocenters. The van der Waals surface area contributed by atoms with E-state index >= 15 is 0 Å². The maximum absolute atomic E-state index is 13.5. The third kappa shape index (κ3) is 3.27. The summed E-state index contributed by atoms with van der Waals surface area (Å²) >= 11 is 3.11. The van der Waals surface area contributed by atoms with Crippen LogP contribution in [-0.2, 0) is 0 Å². The lowest BCUT2D eigenvalue weighted by Gasteiger charge is -2.07. The van der Waals surface area contributed by atoms with Crippen LogP contribution in [0.25, 0.3) is 0 Å². The van der Waals surface area contributed by atoms with Gasteiger partial charge in [0.2, 0.25) is 0 Å². The molecular weight excluding hydrogens is 331 g/mol. The van der Waals surface area contributed by atoms with Gasteiger partial charge in [0.1, 0.15) is 0 Å². The Morgan fingerprint density at radius 1 is 1.15 bits per heavy atom. The summed E-state index contributed by atoms with van der Waals surface area (Å²) in [6.07, 6.45) is 0. The first-order valence-corrected chi connectivity index (χ1v) is 6.39. The fraction of sp³-hybridized carbons (Fsp3) is 0.0714. The summed E-state index contributed by atoms with van der Waals surface area (Å²) in [4.78, 5) is 11.8. The van der Waals surface area contributed by atoms with Gasteiger partial charge in [-0.1, -0.05) is 15.9 Å². The lowest BCUT2D eigenvalue weighted by atomic mass is 10.1. The molecule has 2 N–H and O–H groups in total. The zero-order valence-corrected chi connectivity index (χ0v) is 11.7. The molecule has 6 heteroatoms. The van der Waals surface area contributed by atoms with Crippen molar-refractivity contribution in [3.8, 4) is 17.2 Å². The summed E-state index contributed by atoms with van der Waals surface area (Å²) in [6.45, 7) is -0.372. The fourth-order valence-electron chi connectivity index (χ4n) is 1.52. The summed E-state index contributed by atoms with van der Waals surface area (Å²) < 4.78 is 19.1. The van der Waals surface area contributed by atoms with E-state index < -0.39 is 17.3 Å². The lowest BCUT2D eigenvalue weighted by molar-refractivity contribution is 0.0918. The number of carbonyl (C=O) groups is 1. The van der Waals surface area contributed by atoms with Gasteiger partial charge in [-0.2, -0.15) is 0 Å². The first-order chi connectivity index (χ1) is 9.47. The van der Waals surface area contributed by atoms with Crippen molar-refractivity contribution in [2.45, 2.75) is 0 Å². The van der Waals surface area contributed by atoms with Gasteiger partial charge in [-0.05, 0) is 36.4 Å². The number of phenols is 2. The zero-order chi connectivity index (χ0) is 14.7. The van der Waals surface area contributed by atoms with Crippen LogP contribution in [0.15, 0.2) is 40.9 Å². The second-order valence-corrected chi connectivity index (χ2v) is 4.91. The second kappa shape index (κ2) is 5.92. The Labute approximate surface area is 122 Å². The highest BCUT2D eigenvalue weighted by Gasteiger charge is 2.11. The molecule has 0 aliphatic carbocycles. The van der Waals surface area contributed by atoms with Gasteiger partial charge in [0.25, 0.3) is 0 Å². The number of Topliss-reactive ketones (excluding diaryl/α,β-unsaturated/α-hetero) is 1. The first kappa shape index (κ1) is 14.3. The van der Waals surface area contributed by atoms with Gasteiger partial charge in [0.15, 0.2) is 35.5 Å². The number of hydrogen-bond donors (Lipinski definition) is 2. The molecule has 0 aliphatic rings. The monoisotopic (exact) mass is 340 g/mol. The fourth-order valence-corrected chi connectivity index (χ4v) is 1.85. The second-order valence-electron chi connectivity index (χ2n) is 3.99. The first-order valence-electron chi connectivity index (χ1n) is 5.60. The van der Waals surface area contributed by atoms with Gasteiger partial charge >= 0.3 is 0 Å². The maximum Gasteiger partial charge on any atom is 0.200 e. The molecule has 104 valence electrons. The molecule has 2 aromatic carbocycles. The van der Waals surface area contributed by atoms with Crippen molar-refractivity contribution in [2.75, 3.05) is 6.61 Å². The summed E-state index contributed by atoms with van der Waals surface area (Å²) in [5.41, 5.74) is 0.165. The van der Waals surface area contributed by atoms with Crippen molar-refractivity contribution in [1.82, 2.24) is 0 Å². The predicted molar refractivity (Wildman–Crippen MR) is 73.7 cm³/mol. The van der Waals surface area contributed by atoms with Crippen molar-refractivity contribution >= 4 is 21.7 Å². The lowest BCUT2D eigenvalue weighted by Crippen LogP contribution is -2.12. The largest absolute Gasteiger partial charge is 0.504 e. The van der Waals surface area contributed by atoms with E-state index in [9.17, 15) is 14.3 Å². The van der Waals surface area contributed by atoms with E-state index in [-0.39, 0.29) is 23.7 Å². The minimum atomic E-state index is -0.583. The predicted octanol–water partition coefficient (Wildman–Crippen LogP) is 3.26. The SMILES string of the molecule is O=C(COc1ccc(Br)cc1F)c1ccc(O)c(O)c1. The highest BCUT2D eigenvalue weighted by Crippen LogP contribution is 2.25. The molecular formula is C14H10BrFO4. The normalized spacial score (nSPS) is 10.3. The standard InChI is InChI=1S/C14H10BrFO4/c15-9-2-4-14(10(16)6-9)20-7-13(19)8-1-3-11(17)12(18)5-8/h1-6,17-18H,7H2. The van der Waals surface area contributed by atoms with Crippen LogP contribution < -0.4 is 4.74 Å². The van der Waals surface area contributed by atoms with Crippen LogP contribution in [-0.4, -0.2) is 22.6 Å². The molecule has 0 fully saturated rings. The van der Waals surface area contributed by atoms with Gasteiger partial charge < -0.3 is 14.9 Å². The van der Waals surface area contributed by atoms with E-state index in [1.807, 2.05) is 0 Å². The summed E-state index contributed by atoms with van der Waals surface area (Å²) in [6, 6.07) is 7.89. The Morgan fingerprint density at radius 2 is 1.90 bits per heavy atom. The van der Waals surface area contributed by atoms with Crippen LogP contribution in [0.1, 0.15) is 10.4 Å². The minimum absolute atomic E-state index is 0.0375. The molecule has 0 radical (unpaired) electrons. The van der Waals surface area contributed by atoms with E-state index in [0.29, 0.717) is 4.47 Å². The molecule has 20 heavy (non-hydrogen) atoms. The molecule has 0 heterocycles. The van der Waals surface area contributed by atoms with Gasteiger partial charge in [-0.15, -0.1) is 0 Å². The van der Waals surface area contributed by atoms with Crippen molar-refractivity contribution in [3.05, 3.63) is 52.3 Å². The van der Waals surface area contributed by atoms with Crippen LogP contribution in [0, 0.1) is 5.82 Å². The van der Waals surface area contributed by atoms with Crippen LogP contribution in [0.5, 0.6) is 17.2 Å². The zero-order valence-electron chi connectivity index (χ0n) is 10.1. The number of rotatable bonds is 4. The topological polar surface area (TPSA) is 66.8 Å². The number of benzene rings is 2. The van der Waals surface area contributed by atoms with E-state index in [4.69, 9.17) is 9.84 Å². The Balaban J connectivity index is 2.06. The number of carbonyl (C=O) groups excluding carboxylic acids is 1. The molecule has 0 amide bonds. The molecule has 0 saturated carbocycles. The Bertz CT molecular complexity index is 658. The van der Waals surface area contributed by atoms with E-state index in [0.717, 1.165) is 6.07 Å². The third-order valence-corrected chi connectivity index (χ3v) is 3.04. The van der Waals surface area contributed by atoms with Crippen LogP contribution in [0.3, 0.4) is 0 Å². The highest BCUT2D eigenvalue weighted by molar-refractivity contribution is 9.10. The molecule has 4 nitrogen and oxygen atoms in total. The summed E-state index contributed by atoms with van der Waals surface area (Å²) in [5, 5.41) is 18.4. The van der Waals surface area contributed by atoms with Crippen molar-refractivity contribution < 1.29 is 24.1 Å². The van der Waals surface area contributed by atoms with Gasteiger partial charge in [0.05, 0.1) is 0 Å². The van der Waals surface area contributed by atoms with Crippen LogP contribution in [0.2, 0.25) is 0 Å². The van der Waals surface area contributed by atoms with E-state index in [2.05, 4.69) is 15.9 Å². The van der Waals surface area contributed by atoms with Crippen LogP contribution in [0.4, 0.5) is 4.39 Å². The third-order valence-electron chi connectivity index (χ3n) is 2.55. The minimum Gasteiger partial charge on any atom is -0.504 e. The molecule has 0 aromatic heterocycles. The Morgan fingerprint density at radius 3 is 2.55 bits per heavy atom. The smallest absolute Gasteiger partial charge is 0.200 e. The number of phenolic OH excluding ortho intramolecular Hbond substituents is 2. The molecule has 2 rings (SSSR count). The molecule has 0 spiro atoms. The molecule has 2 aromatic rings. The quantitative estimate of drug-likeness (QED) is 0.662.